The summed E-state index contributed by atoms with van der Waals surface area (Å²) in [6.45, 7) is 8.94. The van der Waals surface area contributed by atoms with Crippen LogP contribution in [0, 0.1) is 0 Å². The van der Waals surface area contributed by atoms with Crippen molar-refractivity contribution in [3.8, 4) is 0 Å². The van der Waals surface area contributed by atoms with E-state index in [1.54, 1.807) is 6.33 Å². The lowest BCUT2D eigenvalue weighted by atomic mass is 10.1. The molecule has 5 heteroatoms. The van der Waals surface area contributed by atoms with Gasteiger partial charge < -0.3 is 16.0 Å². The number of hydrogen-bond acceptors (Lipinski definition) is 3. The third kappa shape index (κ3) is 2.53. The fraction of sp³-hybridized carbons (Fsp3) is 0.636. The van der Waals surface area contributed by atoms with E-state index in [9.17, 15) is 0 Å². The number of aliphatic imine (C=N–C) groups is 1. The number of nitrogens with zero attached hydrogens (tertiary/aromatic N) is 3. The third-order valence-electron chi connectivity index (χ3n) is 2.28. The van der Waals surface area contributed by atoms with Gasteiger partial charge in [-0.05, 0) is 27.2 Å². The molecular weight excluding hydrogens is 202 g/mol. The van der Waals surface area contributed by atoms with E-state index in [0.717, 1.165) is 6.42 Å². The maximum Gasteiger partial charge on any atom is 0.148 e. The minimum absolute atomic E-state index is 0.0969. The number of imidazole rings is 1. The fourth-order valence-electron chi connectivity index (χ4n) is 1.40. The summed E-state index contributed by atoms with van der Waals surface area (Å²) in [6.07, 6.45) is 2.67. The largest absolute Gasteiger partial charge is 0.383 e. The molecule has 0 spiro atoms. The molecule has 0 aliphatic rings. The van der Waals surface area contributed by atoms with Crippen molar-refractivity contribution in [2.45, 2.75) is 39.7 Å². The van der Waals surface area contributed by atoms with E-state index in [-0.39, 0.29) is 5.54 Å². The Labute approximate surface area is 96.6 Å². The summed E-state index contributed by atoms with van der Waals surface area (Å²) < 4.78 is 1.90. The lowest BCUT2D eigenvalue weighted by molar-refractivity contribution is 0.402. The van der Waals surface area contributed by atoms with Crippen LogP contribution in [-0.4, -0.2) is 21.9 Å². The van der Waals surface area contributed by atoms with Crippen LogP contribution in [0.15, 0.2) is 11.3 Å². The first-order valence-corrected chi connectivity index (χ1v) is 5.51. The lowest BCUT2D eigenvalue weighted by Crippen LogP contribution is -2.24. The molecule has 16 heavy (non-hydrogen) atoms. The Morgan fingerprint density at radius 1 is 1.50 bits per heavy atom. The maximum atomic E-state index is 6.00. The summed E-state index contributed by atoms with van der Waals surface area (Å²) in [5.74, 6) is 0.993. The van der Waals surface area contributed by atoms with Gasteiger partial charge in [0.2, 0.25) is 0 Å². The summed E-state index contributed by atoms with van der Waals surface area (Å²) >= 11 is 0. The zero-order chi connectivity index (χ0) is 12.3. The lowest BCUT2D eigenvalue weighted by Gasteiger charge is -2.22. The van der Waals surface area contributed by atoms with Gasteiger partial charge in [-0.2, -0.15) is 0 Å². The second-order valence-corrected chi connectivity index (χ2v) is 4.79. The highest BCUT2D eigenvalue weighted by molar-refractivity contribution is 5.99. The monoisotopic (exact) mass is 223 g/mol. The molecule has 1 aromatic rings. The second-order valence-electron chi connectivity index (χ2n) is 4.79. The summed E-state index contributed by atoms with van der Waals surface area (Å²) in [4.78, 5) is 8.42. The molecule has 0 aliphatic carbocycles. The van der Waals surface area contributed by atoms with Crippen molar-refractivity contribution in [3.05, 3.63) is 12.0 Å². The Hall–Kier alpha value is -1.52. The average molecular weight is 223 g/mol. The molecule has 0 fully saturated rings. The molecule has 1 rings (SSSR count). The van der Waals surface area contributed by atoms with Crippen LogP contribution in [-0.2, 0) is 5.54 Å². The molecule has 0 radical (unpaired) electrons. The minimum atomic E-state index is -0.0969. The molecule has 0 unspecified atom stereocenters. The number of rotatable bonds is 3. The highest BCUT2D eigenvalue weighted by Crippen LogP contribution is 2.20. The van der Waals surface area contributed by atoms with Crippen LogP contribution in [0.2, 0.25) is 0 Å². The zero-order valence-electron chi connectivity index (χ0n) is 10.5. The van der Waals surface area contributed by atoms with Crippen molar-refractivity contribution in [1.29, 1.82) is 0 Å². The van der Waals surface area contributed by atoms with Gasteiger partial charge in [0, 0.05) is 12.1 Å². The van der Waals surface area contributed by atoms with Crippen molar-refractivity contribution in [1.82, 2.24) is 9.55 Å². The molecule has 90 valence electrons. The molecular formula is C11H21N5. The summed E-state index contributed by atoms with van der Waals surface area (Å²) in [6, 6.07) is 0. The Kier molecular flexibility index (Phi) is 3.57. The topological polar surface area (TPSA) is 82.2 Å². The zero-order valence-corrected chi connectivity index (χ0v) is 10.5. The van der Waals surface area contributed by atoms with Crippen molar-refractivity contribution >= 4 is 11.7 Å². The quantitative estimate of drug-likeness (QED) is 0.599. The highest BCUT2D eigenvalue weighted by Gasteiger charge is 2.19. The first-order chi connectivity index (χ1) is 7.38. The van der Waals surface area contributed by atoms with E-state index in [2.05, 4.69) is 30.7 Å². The highest BCUT2D eigenvalue weighted by atomic mass is 15.2. The molecule has 0 bridgehead atoms. The number of aromatic nitrogens is 2. The van der Waals surface area contributed by atoms with Crippen molar-refractivity contribution < 1.29 is 0 Å². The van der Waals surface area contributed by atoms with E-state index in [0.29, 0.717) is 23.9 Å². The van der Waals surface area contributed by atoms with Gasteiger partial charge in [0.1, 0.15) is 17.3 Å². The Balaban J connectivity index is 3.05. The van der Waals surface area contributed by atoms with Crippen molar-refractivity contribution in [2.24, 2.45) is 10.7 Å². The van der Waals surface area contributed by atoms with Gasteiger partial charge in [0.15, 0.2) is 0 Å². The first kappa shape index (κ1) is 12.5. The maximum absolute atomic E-state index is 6.00. The van der Waals surface area contributed by atoms with Gasteiger partial charge in [-0.25, -0.2) is 4.98 Å². The standard InChI is InChI=1S/C11H21N5/c1-5-6-14-9(12)8-10(13)16(7-15-8)11(2,3)4/h7H,5-6,13H2,1-4H3,(H2,12,14). The van der Waals surface area contributed by atoms with Gasteiger partial charge in [0.05, 0.1) is 6.33 Å². The van der Waals surface area contributed by atoms with Crippen LogP contribution >= 0.6 is 0 Å². The first-order valence-electron chi connectivity index (χ1n) is 5.51. The van der Waals surface area contributed by atoms with Gasteiger partial charge in [-0.15, -0.1) is 0 Å². The Morgan fingerprint density at radius 2 is 2.12 bits per heavy atom. The van der Waals surface area contributed by atoms with Crippen molar-refractivity contribution in [3.63, 3.8) is 0 Å². The van der Waals surface area contributed by atoms with E-state index >= 15 is 0 Å². The summed E-state index contributed by atoms with van der Waals surface area (Å²) in [5, 5.41) is 0. The summed E-state index contributed by atoms with van der Waals surface area (Å²) in [5.41, 5.74) is 12.3. The van der Waals surface area contributed by atoms with Crippen LogP contribution in [0.4, 0.5) is 5.82 Å². The minimum Gasteiger partial charge on any atom is -0.383 e. The molecule has 0 atom stereocenters. The molecule has 5 nitrogen and oxygen atoms in total. The van der Waals surface area contributed by atoms with Gasteiger partial charge in [-0.1, -0.05) is 6.92 Å². The van der Waals surface area contributed by atoms with Crippen LogP contribution < -0.4 is 11.5 Å². The number of amidine groups is 1. The normalized spacial score (nSPS) is 13.1. The predicted molar refractivity (Wildman–Crippen MR) is 67.5 cm³/mol. The van der Waals surface area contributed by atoms with Crippen LogP contribution in [0.1, 0.15) is 39.8 Å². The number of nitrogen functional groups attached to an aromatic ring is 1. The average Bonchev–Trinajstić information content (AvgIpc) is 2.56. The van der Waals surface area contributed by atoms with E-state index in [4.69, 9.17) is 11.5 Å². The fourth-order valence-corrected chi connectivity index (χ4v) is 1.40. The Morgan fingerprint density at radius 3 is 2.56 bits per heavy atom. The molecule has 0 saturated heterocycles. The molecule has 0 amide bonds. The second kappa shape index (κ2) is 4.55. The predicted octanol–water partition coefficient (Wildman–Crippen LogP) is 1.34. The van der Waals surface area contributed by atoms with E-state index < -0.39 is 0 Å². The van der Waals surface area contributed by atoms with Gasteiger partial charge >= 0.3 is 0 Å². The SMILES string of the molecule is CCCN=C(N)c1ncn(C(C)(C)C)c1N. The van der Waals surface area contributed by atoms with Crippen LogP contribution in [0.3, 0.4) is 0 Å². The van der Waals surface area contributed by atoms with E-state index in [1.165, 1.54) is 0 Å². The molecule has 0 aliphatic heterocycles. The van der Waals surface area contributed by atoms with Gasteiger partial charge in [-0.3, -0.25) is 4.99 Å². The molecule has 1 aromatic heterocycles. The number of nitrogens with two attached hydrogens (primary N) is 2. The Bertz CT molecular complexity index is 384. The van der Waals surface area contributed by atoms with Crippen molar-refractivity contribution in [2.75, 3.05) is 12.3 Å². The summed E-state index contributed by atoms with van der Waals surface area (Å²) in [7, 11) is 0. The van der Waals surface area contributed by atoms with Crippen LogP contribution in [0.5, 0.6) is 0 Å². The molecule has 0 saturated carbocycles. The molecule has 4 N–H and O–H groups in total. The molecule has 0 aromatic carbocycles. The van der Waals surface area contributed by atoms with Crippen LogP contribution in [0.25, 0.3) is 0 Å². The third-order valence-corrected chi connectivity index (χ3v) is 2.28. The molecule has 1 heterocycles. The smallest absolute Gasteiger partial charge is 0.148 e. The van der Waals surface area contributed by atoms with Gasteiger partial charge in [0.25, 0.3) is 0 Å². The van der Waals surface area contributed by atoms with E-state index in [1.807, 2.05) is 11.5 Å². The number of hydrogen-bond donors (Lipinski definition) is 2. The number of anilines is 1.